The fourth-order valence-corrected chi connectivity index (χ4v) is 2.85. The van der Waals surface area contributed by atoms with Crippen LogP contribution >= 0.6 is 11.6 Å². The van der Waals surface area contributed by atoms with E-state index in [-0.39, 0.29) is 0 Å². The molecule has 1 atom stereocenters. The molecule has 1 unspecified atom stereocenters. The zero-order chi connectivity index (χ0) is 15.2. The van der Waals surface area contributed by atoms with Gasteiger partial charge in [-0.05, 0) is 30.5 Å². The van der Waals surface area contributed by atoms with Crippen molar-refractivity contribution in [3.8, 4) is 0 Å². The molecule has 0 spiro atoms. The number of ether oxygens (including phenoxy) is 1. The molecular weight excluding hydrogens is 286 g/mol. The molecule has 5 heteroatoms. The molecule has 1 aromatic rings. The van der Waals surface area contributed by atoms with Gasteiger partial charge in [0.15, 0.2) is 0 Å². The van der Waals surface area contributed by atoms with E-state index < -0.39 is 0 Å². The summed E-state index contributed by atoms with van der Waals surface area (Å²) in [7, 11) is 1.77. The van der Waals surface area contributed by atoms with E-state index in [0.29, 0.717) is 11.8 Å². The summed E-state index contributed by atoms with van der Waals surface area (Å²) in [5, 5.41) is 4.18. The molecule has 118 valence electrons. The molecule has 0 bridgehead atoms. The zero-order valence-electron chi connectivity index (χ0n) is 13.2. The first-order valence-electron chi connectivity index (χ1n) is 7.69. The Morgan fingerprint density at radius 2 is 2.33 bits per heavy atom. The predicted molar refractivity (Wildman–Crippen MR) is 88.0 cm³/mol. The zero-order valence-corrected chi connectivity index (χ0v) is 14.0. The van der Waals surface area contributed by atoms with Crippen molar-refractivity contribution in [2.75, 3.05) is 38.3 Å². The van der Waals surface area contributed by atoms with Crippen LogP contribution in [0.15, 0.2) is 12.3 Å². The normalized spacial score (nSPS) is 18.7. The van der Waals surface area contributed by atoms with E-state index in [1.807, 2.05) is 0 Å². The van der Waals surface area contributed by atoms with Gasteiger partial charge in [-0.1, -0.05) is 25.4 Å². The van der Waals surface area contributed by atoms with Crippen molar-refractivity contribution >= 4 is 17.4 Å². The summed E-state index contributed by atoms with van der Waals surface area (Å²) < 4.78 is 5.25. The van der Waals surface area contributed by atoms with Gasteiger partial charge in [-0.15, -0.1) is 0 Å². The van der Waals surface area contributed by atoms with Crippen molar-refractivity contribution in [2.45, 2.75) is 26.8 Å². The Labute approximate surface area is 132 Å². The number of anilines is 1. The molecule has 1 aliphatic heterocycles. The maximum absolute atomic E-state index is 6.26. The van der Waals surface area contributed by atoms with Gasteiger partial charge in [0, 0.05) is 38.9 Å². The molecular formula is C16H26ClN3O. The monoisotopic (exact) mass is 311 g/mol. The van der Waals surface area contributed by atoms with Gasteiger partial charge in [-0.3, -0.25) is 0 Å². The molecule has 1 fully saturated rings. The first-order chi connectivity index (χ1) is 10.1. The van der Waals surface area contributed by atoms with Gasteiger partial charge in [0.1, 0.15) is 5.82 Å². The summed E-state index contributed by atoms with van der Waals surface area (Å²) in [6, 6.07) is 2.12. The Bertz CT molecular complexity index is 453. The standard InChI is InChI=1S/C16H26ClN3O/c1-12(2)7-18-8-14-6-16(19-9-15(14)17)20-5-4-13(10-20)11-21-3/h6,9,12-13,18H,4-5,7-8,10-11H2,1-3H3. The summed E-state index contributed by atoms with van der Waals surface area (Å²) in [6.45, 7) is 9.07. The highest BCUT2D eigenvalue weighted by atomic mass is 35.5. The summed E-state index contributed by atoms with van der Waals surface area (Å²) in [4.78, 5) is 6.81. The molecule has 0 saturated carbocycles. The van der Waals surface area contributed by atoms with E-state index >= 15 is 0 Å². The largest absolute Gasteiger partial charge is 0.384 e. The third-order valence-corrected chi connectivity index (χ3v) is 4.14. The smallest absolute Gasteiger partial charge is 0.128 e. The van der Waals surface area contributed by atoms with E-state index in [9.17, 15) is 0 Å². The van der Waals surface area contributed by atoms with Crippen molar-refractivity contribution in [2.24, 2.45) is 11.8 Å². The fourth-order valence-electron chi connectivity index (χ4n) is 2.68. The Morgan fingerprint density at radius 1 is 1.52 bits per heavy atom. The minimum Gasteiger partial charge on any atom is -0.384 e. The van der Waals surface area contributed by atoms with Gasteiger partial charge in [0.2, 0.25) is 0 Å². The summed E-state index contributed by atoms with van der Waals surface area (Å²) in [5.41, 5.74) is 1.12. The number of pyridine rings is 1. The summed E-state index contributed by atoms with van der Waals surface area (Å²) >= 11 is 6.26. The van der Waals surface area contributed by atoms with Crippen LogP contribution < -0.4 is 10.2 Å². The van der Waals surface area contributed by atoms with Crippen molar-refractivity contribution in [3.63, 3.8) is 0 Å². The highest BCUT2D eigenvalue weighted by Crippen LogP contribution is 2.25. The Kier molecular flexibility index (Phi) is 6.27. The van der Waals surface area contributed by atoms with E-state index in [1.54, 1.807) is 13.3 Å². The Hall–Kier alpha value is -0.840. The lowest BCUT2D eigenvalue weighted by Crippen LogP contribution is -2.23. The third kappa shape index (κ3) is 4.83. The number of rotatable bonds is 7. The fraction of sp³-hybridized carbons (Fsp3) is 0.688. The van der Waals surface area contributed by atoms with Crippen LogP contribution in [0.4, 0.5) is 5.82 Å². The second-order valence-electron chi connectivity index (χ2n) is 6.21. The molecule has 1 aliphatic rings. The van der Waals surface area contributed by atoms with E-state index in [1.165, 1.54) is 6.42 Å². The van der Waals surface area contributed by atoms with Gasteiger partial charge < -0.3 is 15.0 Å². The van der Waals surface area contributed by atoms with Crippen LogP contribution in [0.3, 0.4) is 0 Å². The molecule has 2 heterocycles. The first-order valence-corrected chi connectivity index (χ1v) is 8.07. The van der Waals surface area contributed by atoms with Crippen LogP contribution in [0.5, 0.6) is 0 Å². The molecule has 4 nitrogen and oxygen atoms in total. The van der Waals surface area contributed by atoms with Crippen LogP contribution in [0.2, 0.25) is 5.02 Å². The van der Waals surface area contributed by atoms with Gasteiger partial charge in [-0.2, -0.15) is 0 Å². The van der Waals surface area contributed by atoms with Crippen molar-refractivity contribution < 1.29 is 4.74 Å². The van der Waals surface area contributed by atoms with Crippen LogP contribution in [0, 0.1) is 11.8 Å². The van der Waals surface area contributed by atoms with E-state index in [4.69, 9.17) is 16.3 Å². The molecule has 21 heavy (non-hydrogen) atoms. The van der Waals surface area contributed by atoms with Crippen LogP contribution in [-0.4, -0.2) is 38.3 Å². The average molecular weight is 312 g/mol. The molecule has 1 aromatic heterocycles. The topological polar surface area (TPSA) is 37.4 Å². The highest BCUT2D eigenvalue weighted by molar-refractivity contribution is 6.31. The minimum atomic E-state index is 0.606. The predicted octanol–water partition coefficient (Wildman–Crippen LogP) is 2.95. The average Bonchev–Trinajstić information content (AvgIpc) is 2.89. The molecule has 2 rings (SSSR count). The van der Waals surface area contributed by atoms with Crippen LogP contribution in [0.25, 0.3) is 0 Å². The van der Waals surface area contributed by atoms with E-state index in [2.05, 4.69) is 35.1 Å². The number of methoxy groups -OCH3 is 1. The number of nitrogens with zero attached hydrogens (tertiary/aromatic N) is 2. The molecule has 0 radical (unpaired) electrons. The quantitative estimate of drug-likeness (QED) is 0.840. The number of halogens is 1. The lowest BCUT2D eigenvalue weighted by atomic mass is 10.1. The number of aromatic nitrogens is 1. The van der Waals surface area contributed by atoms with Gasteiger partial charge in [0.25, 0.3) is 0 Å². The summed E-state index contributed by atoms with van der Waals surface area (Å²) in [6.07, 6.45) is 2.94. The molecule has 0 amide bonds. The SMILES string of the molecule is COCC1CCN(c2cc(CNCC(C)C)c(Cl)cn2)C1. The number of hydrogen-bond donors (Lipinski definition) is 1. The first kappa shape index (κ1) is 16.5. The van der Waals surface area contributed by atoms with Gasteiger partial charge in [-0.25, -0.2) is 4.98 Å². The van der Waals surface area contributed by atoms with Crippen molar-refractivity contribution in [3.05, 3.63) is 22.8 Å². The number of hydrogen-bond acceptors (Lipinski definition) is 4. The second-order valence-corrected chi connectivity index (χ2v) is 6.62. The molecule has 0 aliphatic carbocycles. The highest BCUT2D eigenvalue weighted by Gasteiger charge is 2.23. The summed E-state index contributed by atoms with van der Waals surface area (Å²) in [5.74, 6) is 2.27. The van der Waals surface area contributed by atoms with Gasteiger partial charge >= 0.3 is 0 Å². The lowest BCUT2D eigenvalue weighted by molar-refractivity contribution is 0.161. The Morgan fingerprint density at radius 3 is 3.05 bits per heavy atom. The Balaban J connectivity index is 1.98. The van der Waals surface area contributed by atoms with E-state index in [0.717, 1.165) is 49.2 Å². The molecule has 1 saturated heterocycles. The van der Waals surface area contributed by atoms with Crippen LogP contribution in [0.1, 0.15) is 25.8 Å². The maximum Gasteiger partial charge on any atom is 0.128 e. The lowest BCUT2D eigenvalue weighted by Gasteiger charge is -2.19. The van der Waals surface area contributed by atoms with Crippen molar-refractivity contribution in [1.29, 1.82) is 0 Å². The molecule has 1 N–H and O–H groups in total. The second kappa shape index (κ2) is 7.97. The number of nitrogens with one attached hydrogen (secondary N) is 1. The third-order valence-electron chi connectivity index (χ3n) is 3.80. The minimum absolute atomic E-state index is 0.606. The molecule has 0 aromatic carbocycles. The van der Waals surface area contributed by atoms with Crippen molar-refractivity contribution in [1.82, 2.24) is 10.3 Å². The van der Waals surface area contributed by atoms with Crippen LogP contribution in [-0.2, 0) is 11.3 Å². The maximum atomic E-state index is 6.26. The van der Waals surface area contributed by atoms with Gasteiger partial charge in [0.05, 0.1) is 11.6 Å².